The molecule has 1 unspecified atom stereocenters. The first-order valence-electron chi connectivity index (χ1n) is 10.5. The van der Waals surface area contributed by atoms with Crippen LogP contribution in [0.15, 0.2) is 23.3 Å². The summed E-state index contributed by atoms with van der Waals surface area (Å²) in [6.45, 7) is 10.7. The van der Waals surface area contributed by atoms with Crippen LogP contribution in [-0.2, 0) is 16.0 Å². The first kappa shape index (κ1) is 20.9. The highest BCUT2D eigenvalue weighted by Gasteiger charge is 2.21. The average molecular weight is 390 g/mol. The lowest BCUT2D eigenvalue weighted by Crippen LogP contribution is -2.41. The van der Waals surface area contributed by atoms with E-state index >= 15 is 0 Å². The normalized spacial score (nSPS) is 20.3. The summed E-state index contributed by atoms with van der Waals surface area (Å²) in [4.78, 5) is 13.8. The predicted octanol–water partition coefficient (Wildman–Crippen LogP) is 2.13. The summed E-state index contributed by atoms with van der Waals surface area (Å²) in [7, 11) is 2.06. The van der Waals surface area contributed by atoms with Gasteiger partial charge in [0.25, 0.3) is 0 Å². The van der Waals surface area contributed by atoms with Gasteiger partial charge in [-0.15, -0.1) is 0 Å². The topological polar surface area (TPSA) is 62.2 Å². The molecule has 0 amide bonds. The van der Waals surface area contributed by atoms with Gasteiger partial charge in [0, 0.05) is 46.0 Å². The highest BCUT2D eigenvalue weighted by atomic mass is 16.5. The molecule has 0 spiro atoms. The summed E-state index contributed by atoms with van der Waals surface area (Å²) in [5.41, 5.74) is 1.11. The van der Waals surface area contributed by atoms with Gasteiger partial charge < -0.3 is 24.6 Å². The van der Waals surface area contributed by atoms with Crippen molar-refractivity contribution in [2.24, 2.45) is 10.9 Å². The van der Waals surface area contributed by atoms with Crippen molar-refractivity contribution in [1.29, 1.82) is 0 Å². The highest BCUT2D eigenvalue weighted by molar-refractivity contribution is 5.79. The van der Waals surface area contributed by atoms with Crippen LogP contribution in [0.2, 0.25) is 0 Å². The Balaban J connectivity index is 1.49. The zero-order valence-electron chi connectivity index (χ0n) is 17.6. The Kier molecular flexibility index (Phi) is 7.91. The molecule has 1 aromatic heterocycles. The van der Waals surface area contributed by atoms with Gasteiger partial charge >= 0.3 is 0 Å². The van der Waals surface area contributed by atoms with E-state index in [1.54, 1.807) is 0 Å². The Labute approximate surface area is 169 Å². The molecule has 7 heteroatoms. The largest absolute Gasteiger partial charge is 0.379 e. The lowest BCUT2D eigenvalue weighted by atomic mass is 10.2. The third kappa shape index (κ3) is 6.63. The van der Waals surface area contributed by atoms with E-state index in [1.807, 2.05) is 6.20 Å². The van der Waals surface area contributed by atoms with Crippen molar-refractivity contribution in [3.8, 4) is 0 Å². The second kappa shape index (κ2) is 10.6. The number of nitrogens with one attached hydrogen (secondary N) is 1. The van der Waals surface area contributed by atoms with Crippen molar-refractivity contribution in [2.45, 2.75) is 39.3 Å². The molecule has 1 atom stereocenters. The molecular formula is C21H35N5O2. The Morgan fingerprint density at radius 3 is 2.96 bits per heavy atom. The van der Waals surface area contributed by atoms with Crippen LogP contribution in [0, 0.1) is 5.92 Å². The smallest absolute Gasteiger partial charge is 0.194 e. The quantitative estimate of drug-likeness (QED) is 0.397. The monoisotopic (exact) mass is 389 g/mol. The Morgan fingerprint density at radius 2 is 2.29 bits per heavy atom. The minimum Gasteiger partial charge on any atom is -0.379 e. The molecule has 2 aliphatic rings. The van der Waals surface area contributed by atoms with Crippen LogP contribution in [-0.4, -0.2) is 75.0 Å². The molecule has 1 N–H and O–H groups in total. The number of anilines is 1. The molecule has 28 heavy (non-hydrogen) atoms. The second-order valence-electron chi connectivity index (χ2n) is 7.76. The van der Waals surface area contributed by atoms with Gasteiger partial charge in [0.05, 0.1) is 25.9 Å². The molecular weight excluding hydrogens is 354 g/mol. The second-order valence-corrected chi connectivity index (χ2v) is 7.76. The number of hydrogen-bond donors (Lipinski definition) is 1. The third-order valence-electron chi connectivity index (χ3n) is 5.10. The van der Waals surface area contributed by atoms with Crippen LogP contribution in [0.3, 0.4) is 0 Å². The summed E-state index contributed by atoms with van der Waals surface area (Å²) >= 11 is 0. The average Bonchev–Trinajstić information content (AvgIpc) is 3.53. The molecule has 1 saturated carbocycles. The first-order chi connectivity index (χ1) is 13.7. The molecule has 156 valence electrons. The first-order valence-corrected chi connectivity index (χ1v) is 10.5. The Bertz CT molecular complexity index is 618. The standard InChI is InChI=1S/C21H35N5O2/c1-4-22-21(25(3)9-11-27-16-18-5-6-18)24-14-19-7-8-20(23-13-19)26-10-12-28-17(2)15-26/h7-8,13,17-18H,4-6,9-12,14-16H2,1-3H3,(H,22,24). The van der Waals surface area contributed by atoms with E-state index in [0.29, 0.717) is 6.54 Å². The van der Waals surface area contributed by atoms with Gasteiger partial charge in [-0.05, 0) is 44.2 Å². The number of hydrogen-bond acceptors (Lipinski definition) is 5. The van der Waals surface area contributed by atoms with Crippen molar-refractivity contribution < 1.29 is 9.47 Å². The Morgan fingerprint density at radius 1 is 1.43 bits per heavy atom. The molecule has 2 heterocycles. The van der Waals surface area contributed by atoms with E-state index in [-0.39, 0.29) is 6.10 Å². The van der Waals surface area contributed by atoms with Crippen LogP contribution >= 0.6 is 0 Å². The van der Waals surface area contributed by atoms with Crippen molar-refractivity contribution >= 4 is 11.8 Å². The zero-order chi connectivity index (χ0) is 19.8. The summed E-state index contributed by atoms with van der Waals surface area (Å²) in [5, 5.41) is 3.36. The van der Waals surface area contributed by atoms with Gasteiger partial charge in [0.1, 0.15) is 5.82 Å². The van der Waals surface area contributed by atoms with Crippen LogP contribution in [0.25, 0.3) is 0 Å². The molecule has 7 nitrogen and oxygen atoms in total. The number of morpholine rings is 1. The van der Waals surface area contributed by atoms with Crippen molar-refractivity contribution in [1.82, 2.24) is 15.2 Å². The van der Waals surface area contributed by atoms with Crippen molar-refractivity contribution in [2.75, 3.05) is 57.9 Å². The minimum atomic E-state index is 0.256. The predicted molar refractivity (Wildman–Crippen MR) is 113 cm³/mol. The maximum atomic E-state index is 5.75. The molecule has 0 aromatic carbocycles. The van der Waals surface area contributed by atoms with E-state index in [2.05, 4.69) is 53.1 Å². The maximum absolute atomic E-state index is 5.75. The van der Waals surface area contributed by atoms with Gasteiger partial charge in [0.15, 0.2) is 5.96 Å². The lowest BCUT2D eigenvalue weighted by Gasteiger charge is -2.32. The number of ether oxygens (including phenoxy) is 2. The SMILES string of the molecule is CCNC(=NCc1ccc(N2CCOC(C)C2)nc1)N(C)CCOCC1CC1. The fraction of sp³-hybridized carbons (Fsp3) is 0.714. The molecule has 0 radical (unpaired) electrons. The Hall–Kier alpha value is -1.86. The number of likely N-dealkylation sites (N-methyl/N-ethyl adjacent to an activating group) is 1. The number of aliphatic imine (C=N–C) groups is 1. The minimum absolute atomic E-state index is 0.256. The van der Waals surface area contributed by atoms with Crippen molar-refractivity contribution in [3.63, 3.8) is 0 Å². The summed E-state index contributed by atoms with van der Waals surface area (Å²) in [6, 6.07) is 4.21. The fourth-order valence-corrected chi connectivity index (χ4v) is 3.20. The molecule has 3 rings (SSSR count). The molecule has 2 fully saturated rings. The van der Waals surface area contributed by atoms with Crippen molar-refractivity contribution in [3.05, 3.63) is 23.9 Å². The zero-order valence-corrected chi connectivity index (χ0v) is 17.6. The van der Waals surface area contributed by atoms with Crippen LogP contribution in [0.1, 0.15) is 32.3 Å². The molecule has 0 bridgehead atoms. The third-order valence-corrected chi connectivity index (χ3v) is 5.10. The van der Waals surface area contributed by atoms with Gasteiger partial charge in [-0.2, -0.15) is 0 Å². The number of aromatic nitrogens is 1. The van der Waals surface area contributed by atoms with E-state index in [9.17, 15) is 0 Å². The van der Waals surface area contributed by atoms with E-state index in [1.165, 1.54) is 12.8 Å². The van der Waals surface area contributed by atoms with Gasteiger partial charge in [-0.1, -0.05) is 6.07 Å². The number of rotatable bonds is 9. The van der Waals surface area contributed by atoms with Crippen LogP contribution < -0.4 is 10.2 Å². The van der Waals surface area contributed by atoms with E-state index in [4.69, 9.17) is 14.5 Å². The summed E-state index contributed by atoms with van der Waals surface area (Å²) in [5.74, 6) is 2.73. The molecule has 1 aliphatic heterocycles. The molecule has 1 aliphatic carbocycles. The number of nitrogens with zero attached hydrogens (tertiary/aromatic N) is 4. The maximum Gasteiger partial charge on any atom is 0.194 e. The molecule has 1 saturated heterocycles. The van der Waals surface area contributed by atoms with E-state index in [0.717, 1.165) is 69.3 Å². The summed E-state index contributed by atoms with van der Waals surface area (Å²) < 4.78 is 11.4. The van der Waals surface area contributed by atoms with Gasteiger partial charge in [0.2, 0.25) is 0 Å². The number of pyridine rings is 1. The highest BCUT2D eigenvalue weighted by Crippen LogP contribution is 2.28. The van der Waals surface area contributed by atoms with E-state index < -0.39 is 0 Å². The van der Waals surface area contributed by atoms with Gasteiger partial charge in [-0.25, -0.2) is 9.98 Å². The van der Waals surface area contributed by atoms with Gasteiger partial charge in [-0.3, -0.25) is 0 Å². The van der Waals surface area contributed by atoms with Crippen LogP contribution in [0.5, 0.6) is 0 Å². The summed E-state index contributed by atoms with van der Waals surface area (Å²) in [6.07, 6.45) is 4.85. The number of guanidine groups is 1. The fourth-order valence-electron chi connectivity index (χ4n) is 3.20. The lowest BCUT2D eigenvalue weighted by molar-refractivity contribution is 0.0529. The van der Waals surface area contributed by atoms with Crippen LogP contribution in [0.4, 0.5) is 5.82 Å². The molecule has 1 aromatic rings.